The van der Waals surface area contributed by atoms with Crippen molar-refractivity contribution in [1.82, 2.24) is 0 Å². The largest absolute Gasteiger partial charge is 0.394 e. The fourth-order valence-corrected chi connectivity index (χ4v) is 10.6. The van der Waals surface area contributed by atoms with Gasteiger partial charge < -0.3 is 40.1 Å². The number of carbonyl (C=O) groups is 1. The van der Waals surface area contributed by atoms with E-state index in [9.17, 15) is 35.4 Å². The van der Waals surface area contributed by atoms with Crippen LogP contribution in [-0.4, -0.2) is 92.5 Å². The van der Waals surface area contributed by atoms with Crippen LogP contribution in [0.2, 0.25) is 0 Å². The van der Waals surface area contributed by atoms with Crippen molar-refractivity contribution in [3.63, 3.8) is 0 Å². The maximum absolute atomic E-state index is 13.5. The number of aliphatic hydroxyl groups is 6. The summed E-state index contributed by atoms with van der Waals surface area (Å²) in [4.78, 5) is 13.5. The SMILES string of the molecule is C[C@@H](CCC(=O)[C@@H](C)[C@H]1[C@H](O)C[C@H]2[C@@H]3CC[C@@H]4CC(O)CC[C@]4(C)[C@H]3CC[C@]12C)CO[C@@H]1O[C@H](CO)[C@@H](O)[C@H](O)[C@H]1O. The van der Waals surface area contributed by atoms with Gasteiger partial charge in [-0.2, -0.15) is 0 Å². The standard InChI is InChI=1S/C33H56O9/c1-17(16-41-31-30(40)29(39)28(38)26(15-34)42-31)5-8-24(36)18(2)27-25(37)14-23-21-7-6-19-13-20(35)9-11-32(19,3)22(21)10-12-33(23,27)4/h17-23,25-31,34-35,37-40H,5-16H2,1-4H3/t17-,18+,19+,20?,21+,22-,23-,25+,26+,27-,28+,29-,30+,31+,32-,33-/m0/s1. The molecule has 1 heterocycles. The molecule has 1 unspecified atom stereocenters. The van der Waals surface area contributed by atoms with Crippen LogP contribution in [0.1, 0.15) is 91.9 Å². The Morgan fingerprint density at radius 1 is 0.905 bits per heavy atom. The minimum absolute atomic E-state index is 0.0225. The van der Waals surface area contributed by atoms with Gasteiger partial charge in [0.05, 0.1) is 25.4 Å². The average Bonchev–Trinajstić information content (AvgIpc) is 3.24. The second kappa shape index (κ2) is 12.6. The first-order valence-corrected chi connectivity index (χ1v) is 16.6. The average molecular weight is 597 g/mol. The summed E-state index contributed by atoms with van der Waals surface area (Å²) in [5, 5.41) is 61.3. The summed E-state index contributed by atoms with van der Waals surface area (Å²) in [7, 11) is 0. The predicted octanol–water partition coefficient (Wildman–Crippen LogP) is 2.42. The highest BCUT2D eigenvalue weighted by molar-refractivity contribution is 5.81. The van der Waals surface area contributed by atoms with Gasteiger partial charge in [-0.15, -0.1) is 0 Å². The molecule has 5 fully saturated rings. The first-order chi connectivity index (χ1) is 19.8. The lowest BCUT2D eigenvalue weighted by atomic mass is 9.44. The molecule has 0 aromatic rings. The molecule has 6 N–H and O–H groups in total. The molecule has 4 saturated carbocycles. The Hall–Kier alpha value is -0.650. The maximum atomic E-state index is 13.5. The van der Waals surface area contributed by atoms with Crippen molar-refractivity contribution < 1.29 is 44.9 Å². The molecule has 42 heavy (non-hydrogen) atoms. The van der Waals surface area contributed by atoms with Crippen LogP contribution in [0.3, 0.4) is 0 Å². The third kappa shape index (κ3) is 5.75. The zero-order valence-electron chi connectivity index (χ0n) is 26.0. The molecule has 0 amide bonds. The number of rotatable bonds is 9. The van der Waals surface area contributed by atoms with Crippen LogP contribution in [0.4, 0.5) is 0 Å². The topological polar surface area (TPSA) is 157 Å². The molecule has 9 nitrogen and oxygen atoms in total. The Bertz CT molecular complexity index is 944. The van der Waals surface area contributed by atoms with Crippen LogP contribution in [0, 0.1) is 52.3 Å². The molecule has 1 aliphatic heterocycles. The van der Waals surface area contributed by atoms with Crippen LogP contribution in [-0.2, 0) is 14.3 Å². The number of ketones is 1. The molecule has 16 atom stereocenters. The molecule has 0 aromatic heterocycles. The molecule has 0 radical (unpaired) electrons. The minimum Gasteiger partial charge on any atom is -0.394 e. The van der Waals surface area contributed by atoms with Gasteiger partial charge in [0.15, 0.2) is 6.29 Å². The number of Topliss-reactive ketones (excluding diaryl/α,β-unsaturated/α-hetero) is 1. The van der Waals surface area contributed by atoms with Crippen LogP contribution in [0.15, 0.2) is 0 Å². The molecule has 0 aromatic carbocycles. The van der Waals surface area contributed by atoms with E-state index in [2.05, 4.69) is 13.8 Å². The monoisotopic (exact) mass is 596 g/mol. The summed E-state index contributed by atoms with van der Waals surface area (Å²) in [6.07, 6.45) is 2.06. The van der Waals surface area contributed by atoms with Gasteiger partial charge >= 0.3 is 0 Å². The van der Waals surface area contributed by atoms with Crippen LogP contribution in [0.5, 0.6) is 0 Å². The molecule has 242 valence electrons. The highest BCUT2D eigenvalue weighted by Crippen LogP contribution is 2.68. The van der Waals surface area contributed by atoms with Crippen LogP contribution >= 0.6 is 0 Å². The Labute approximate surface area is 251 Å². The number of hydrogen-bond donors (Lipinski definition) is 6. The summed E-state index contributed by atoms with van der Waals surface area (Å²) in [5.41, 5.74) is 0.229. The van der Waals surface area contributed by atoms with Gasteiger partial charge in [0.2, 0.25) is 0 Å². The Morgan fingerprint density at radius 3 is 2.33 bits per heavy atom. The third-order valence-corrected chi connectivity index (χ3v) is 13.1. The number of aliphatic hydroxyl groups excluding tert-OH is 6. The Balaban J connectivity index is 1.16. The fraction of sp³-hybridized carbons (Fsp3) is 0.970. The van der Waals surface area contributed by atoms with Gasteiger partial charge in [-0.3, -0.25) is 4.79 Å². The Kier molecular flexibility index (Phi) is 9.84. The first kappa shape index (κ1) is 32.7. The fourth-order valence-electron chi connectivity index (χ4n) is 10.6. The van der Waals surface area contributed by atoms with E-state index in [1.54, 1.807) is 0 Å². The molecule has 4 aliphatic carbocycles. The van der Waals surface area contributed by atoms with E-state index in [0.717, 1.165) is 38.5 Å². The number of ether oxygens (including phenoxy) is 2. The predicted molar refractivity (Wildman–Crippen MR) is 155 cm³/mol. The Morgan fingerprint density at radius 2 is 1.62 bits per heavy atom. The van der Waals surface area contributed by atoms with E-state index < -0.39 is 43.4 Å². The van der Waals surface area contributed by atoms with E-state index in [1.165, 1.54) is 12.8 Å². The molecule has 5 rings (SSSR count). The molecule has 0 bridgehead atoms. The second-order valence-corrected chi connectivity index (χ2v) is 15.4. The van der Waals surface area contributed by atoms with Crippen molar-refractivity contribution in [2.45, 2.75) is 135 Å². The second-order valence-electron chi connectivity index (χ2n) is 15.4. The van der Waals surface area contributed by atoms with E-state index in [-0.39, 0.29) is 47.1 Å². The van der Waals surface area contributed by atoms with Crippen LogP contribution < -0.4 is 0 Å². The number of carbonyl (C=O) groups excluding carboxylic acids is 1. The van der Waals surface area contributed by atoms with Crippen molar-refractivity contribution >= 4 is 5.78 Å². The van der Waals surface area contributed by atoms with E-state index in [0.29, 0.717) is 36.5 Å². The molecule has 5 aliphatic rings. The van der Waals surface area contributed by atoms with Crippen molar-refractivity contribution in [2.24, 2.45) is 52.3 Å². The smallest absolute Gasteiger partial charge is 0.186 e. The lowest BCUT2D eigenvalue weighted by Crippen LogP contribution is -2.59. The number of hydrogen-bond acceptors (Lipinski definition) is 9. The van der Waals surface area contributed by atoms with Crippen molar-refractivity contribution in [3.8, 4) is 0 Å². The van der Waals surface area contributed by atoms with Gasteiger partial charge in [0, 0.05) is 12.3 Å². The van der Waals surface area contributed by atoms with Crippen LogP contribution in [0.25, 0.3) is 0 Å². The summed E-state index contributed by atoms with van der Waals surface area (Å²) >= 11 is 0. The lowest BCUT2D eigenvalue weighted by molar-refractivity contribution is -0.303. The zero-order valence-corrected chi connectivity index (χ0v) is 26.0. The summed E-state index contributed by atoms with van der Waals surface area (Å²) in [5.74, 6) is 2.12. The molecule has 9 heteroatoms. The van der Waals surface area contributed by atoms with Crippen molar-refractivity contribution in [3.05, 3.63) is 0 Å². The lowest BCUT2D eigenvalue weighted by Gasteiger charge is -2.61. The molecule has 0 spiro atoms. The molecular weight excluding hydrogens is 540 g/mol. The van der Waals surface area contributed by atoms with Gasteiger partial charge in [-0.25, -0.2) is 0 Å². The third-order valence-electron chi connectivity index (χ3n) is 13.1. The maximum Gasteiger partial charge on any atom is 0.186 e. The molecule has 1 saturated heterocycles. The van der Waals surface area contributed by atoms with Gasteiger partial charge in [-0.05, 0) is 104 Å². The van der Waals surface area contributed by atoms with Crippen molar-refractivity contribution in [1.29, 1.82) is 0 Å². The first-order valence-electron chi connectivity index (χ1n) is 16.6. The highest BCUT2D eigenvalue weighted by Gasteiger charge is 2.63. The number of fused-ring (bicyclic) bond motifs is 5. The minimum atomic E-state index is -1.48. The summed E-state index contributed by atoms with van der Waals surface area (Å²) in [6.45, 7) is 8.45. The zero-order chi connectivity index (χ0) is 30.6. The van der Waals surface area contributed by atoms with E-state index in [1.807, 2.05) is 13.8 Å². The highest BCUT2D eigenvalue weighted by atomic mass is 16.7. The van der Waals surface area contributed by atoms with Gasteiger partial charge in [0.25, 0.3) is 0 Å². The normalized spacial score (nSPS) is 50.3. The van der Waals surface area contributed by atoms with E-state index in [4.69, 9.17) is 9.47 Å². The summed E-state index contributed by atoms with van der Waals surface area (Å²) < 4.78 is 11.1. The molecular formula is C33H56O9. The van der Waals surface area contributed by atoms with E-state index >= 15 is 0 Å². The quantitative estimate of drug-likeness (QED) is 0.235. The summed E-state index contributed by atoms with van der Waals surface area (Å²) in [6, 6.07) is 0. The van der Waals surface area contributed by atoms with Crippen molar-refractivity contribution in [2.75, 3.05) is 13.2 Å². The van der Waals surface area contributed by atoms with Gasteiger partial charge in [-0.1, -0.05) is 27.7 Å². The van der Waals surface area contributed by atoms with Gasteiger partial charge in [0.1, 0.15) is 30.2 Å².